The summed E-state index contributed by atoms with van der Waals surface area (Å²) in [7, 11) is 0. The van der Waals surface area contributed by atoms with Crippen molar-refractivity contribution >= 4 is 46.8 Å². The molecule has 0 spiro atoms. The molecule has 0 radical (unpaired) electrons. The highest BCUT2D eigenvalue weighted by Crippen LogP contribution is 2.30. The van der Waals surface area contributed by atoms with E-state index in [-0.39, 0.29) is 49.2 Å². The summed E-state index contributed by atoms with van der Waals surface area (Å²) in [6.07, 6.45) is 0.836. The van der Waals surface area contributed by atoms with Crippen molar-refractivity contribution < 1.29 is 43.0 Å². The molecule has 15 nitrogen and oxygen atoms in total. The lowest BCUT2D eigenvalue weighted by Gasteiger charge is -2.33. The van der Waals surface area contributed by atoms with Crippen LogP contribution in [0.15, 0.2) is 66.0 Å². The number of nitrogens with zero attached hydrogens (tertiary/aromatic N) is 3. The summed E-state index contributed by atoms with van der Waals surface area (Å²) in [4.78, 5) is 89.4. The van der Waals surface area contributed by atoms with Gasteiger partial charge in [-0.25, -0.2) is 9.78 Å². The second-order valence-electron chi connectivity index (χ2n) is 16.1. The minimum absolute atomic E-state index is 0.102. The number of hydrogen-bond donors (Lipinski definition) is 3. The standard InChI is InChI=1S/C43H54N6O9S/c1-27(2)21-33(37(51)43(4)26-57-43)46-39(53)35(23-30-13-9-6-10-14-30)49-28(3)22-34(40(49)54)47-38(52)32(16-15-29-11-7-5-8-12-29)45-36(50)24-31-25-59-41(44-31)58-42(55)48-17-19-56-20-18-48/h5-14,25,27-28,32-35H,15-24,26H2,1-4H3,(H,45,50)(H,46,53)(H,47,52)/t28?,32-,33-,34-,35-,43?/m0/s1. The highest BCUT2D eigenvalue weighted by molar-refractivity contribution is 7.11. The first-order chi connectivity index (χ1) is 28.3. The van der Waals surface area contributed by atoms with E-state index < -0.39 is 65.5 Å². The van der Waals surface area contributed by atoms with Gasteiger partial charge in [0.25, 0.3) is 5.19 Å². The molecule has 316 valence electrons. The minimum atomic E-state index is -1.01. The van der Waals surface area contributed by atoms with Crippen LogP contribution < -0.4 is 20.7 Å². The van der Waals surface area contributed by atoms with Gasteiger partial charge < -0.3 is 40.0 Å². The lowest BCUT2D eigenvalue weighted by Crippen LogP contribution is -2.57. The number of carbonyl (C=O) groups excluding carboxylic acids is 6. The van der Waals surface area contributed by atoms with Crippen molar-refractivity contribution in [3.63, 3.8) is 0 Å². The maximum absolute atomic E-state index is 14.3. The Bertz CT molecular complexity index is 1950. The molecule has 2 unspecified atom stereocenters. The van der Waals surface area contributed by atoms with E-state index >= 15 is 0 Å². The zero-order valence-corrected chi connectivity index (χ0v) is 34.8. The average Bonchev–Trinajstić information content (AvgIpc) is 3.73. The quantitative estimate of drug-likeness (QED) is 0.161. The Kier molecular flexibility index (Phi) is 14.5. The Labute approximate surface area is 348 Å². The number of ether oxygens (including phenoxy) is 3. The first-order valence-corrected chi connectivity index (χ1v) is 21.1. The number of benzene rings is 2. The Morgan fingerprint density at radius 2 is 1.61 bits per heavy atom. The first kappa shape index (κ1) is 43.4. The zero-order chi connectivity index (χ0) is 42.1. The number of morpholine rings is 1. The number of amides is 5. The van der Waals surface area contributed by atoms with Crippen molar-refractivity contribution in [3.05, 3.63) is 82.9 Å². The summed E-state index contributed by atoms with van der Waals surface area (Å²) in [5.74, 6) is -2.00. The molecule has 59 heavy (non-hydrogen) atoms. The largest absolute Gasteiger partial charge is 0.417 e. The van der Waals surface area contributed by atoms with Crippen LogP contribution in [0.25, 0.3) is 0 Å². The van der Waals surface area contributed by atoms with Crippen molar-refractivity contribution in [2.75, 3.05) is 32.9 Å². The Morgan fingerprint density at radius 1 is 0.949 bits per heavy atom. The molecule has 3 aliphatic heterocycles. The minimum Gasteiger partial charge on any atom is -0.381 e. The Morgan fingerprint density at radius 3 is 2.25 bits per heavy atom. The number of carbonyl (C=O) groups is 6. The van der Waals surface area contributed by atoms with Gasteiger partial charge in [-0.3, -0.25) is 24.0 Å². The van der Waals surface area contributed by atoms with E-state index in [9.17, 15) is 28.8 Å². The number of thiazole rings is 1. The fourth-order valence-electron chi connectivity index (χ4n) is 7.49. The SMILES string of the molecule is CC(C)C[C@H](NC(=O)[C@H](Cc1ccccc1)N1C(=O)[C@@H](NC(=O)[C@H](CCc2ccccc2)NC(=O)Cc2csc(OC(=O)N3CCOCC3)n2)CC1C)C(=O)C1(C)CO1. The van der Waals surface area contributed by atoms with Crippen LogP contribution in [0.3, 0.4) is 0 Å². The number of rotatable bonds is 18. The van der Waals surface area contributed by atoms with Gasteiger partial charge in [-0.2, -0.15) is 0 Å². The first-order valence-electron chi connectivity index (χ1n) is 20.3. The van der Waals surface area contributed by atoms with Crippen LogP contribution in [-0.2, 0) is 52.7 Å². The van der Waals surface area contributed by atoms with Crippen LogP contribution in [0.5, 0.6) is 5.19 Å². The number of epoxide rings is 1. The second kappa shape index (κ2) is 19.7. The third-order valence-electron chi connectivity index (χ3n) is 10.8. The van der Waals surface area contributed by atoms with Crippen molar-refractivity contribution in [1.29, 1.82) is 0 Å². The molecular formula is C43H54N6O9S. The monoisotopic (exact) mass is 830 g/mol. The van der Waals surface area contributed by atoms with Gasteiger partial charge in [-0.15, -0.1) is 0 Å². The number of hydrogen-bond acceptors (Lipinski definition) is 11. The van der Waals surface area contributed by atoms with E-state index in [0.717, 1.165) is 22.5 Å². The molecule has 3 N–H and O–H groups in total. The van der Waals surface area contributed by atoms with Gasteiger partial charge in [0.1, 0.15) is 23.7 Å². The number of Topliss-reactive ketones (excluding diaryl/α,β-unsaturated/α-hetero) is 1. The fraction of sp³-hybridized carbons (Fsp3) is 0.512. The second-order valence-corrected chi connectivity index (χ2v) is 16.9. The molecule has 6 atom stereocenters. The molecule has 3 aromatic rings. The Hall–Kier alpha value is -5.19. The van der Waals surface area contributed by atoms with Gasteiger partial charge >= 0.3 is 6.09 Å². The van der Waals surface area contributed by atoms with Crippen molar-refractivity contribution in [2.45, 2.75) is 102 Å². The molecule has 5 amide bonds. The van der Waals surface area contributed by atoms with Crippen LogP contribution in [0, 0.1) is 5.92 Å². The molecule has 0 saturated carbocycles. The molecule has 0 bridgehead atoms. The maximum Gasteiger partial charge on any atom is 0.417 e. The van der Waals surface area contributed by atoms with Crippen LogP contribution in [0.4, 0.5) is 4.79 Å². The third kappa shape index (κ3) is 11.7. The van der Waals surface area contributed by atoms with Gasteiger partial charge in [0.05, 0.1) is 38.0 Å². The molecule has 6 rings (SSSR count). The van der Waals surface area contributed by atoms with E-state index in [1.54, 1.807) is 12.3 Å². The Balaban J connectivity index is 1.14. The highest BCUT2D eigenvalue weighted by Gasteiger charge is 2.51. The fourth-order valence-corrected chi connectivity index (χ4v) is 8.15. The predicted octanol–water partition coefficient (Wildman–Crippen LogP) is 3.24. The van der Waals surface area contributed by atoms with Crippen LogP contribution in [-0.4, -0.2) is 119 Å². The van der Waals surface area contributed by atoms with Crippen molar-refractivity contribution in [2.24, 2.45) is 5.92 Å². The third-order valence-corrected chi connectivity index (χ3v) is 11.6. The summed E-state index contributed by atoms with van der Waals surface area (Å²) >= 11 is 1.09. The van der Waals surface area contributed by atoms with Gasteiger partial charge in [-0.1, -0.05) is 85.8 Å². The summed E-state index contributed by atoms with van der Waals surface area (Å²) in [5.41, 5.74) is 1.22. The molecule has 3 fully saturated rings. The molecule has 3 saturated heterocycles. The number of ketones is 1. The maximum atomic E-state index is 14.3. The summed E-state index contributed by atoms with van der Waals surface area (Å²) < 4.78 is 16.1. The molecule has 0 aliphatic carbocycles. The molecule has 2 aromatic carbocycles. The molecular weight excluding hydrogens is 777 g/mol. The van der Waals surface area contributed by atoms with Crippen LogP contribution in [0.2, 0.25) is 0 Å². The number of likely N-dealkylation sites (tertiary alicyclic amines) is 1. The molecule has 16 heteroatoms. The van der Waals surface area contributed by atoms with Gasteiger partial charge in [0.15, 0.2) is 5.78 Å². The average molecular weight is 831 g/mol. The van der Waals surface area contributed by atoms with Crippen LogP contribution in [0.1, 0.15) is 63.8 Å². The van der Waals surface area contributed by atoms with Crippen molar-refractivity contribution in [3.8, 4) is 5.19 Å². The van der Waals surface area contributed by atoms with Crippen molar-refractivity contribution in [1.82, 2.24) is 30.7 Å². The smallest absolute Gasteiger partial charge is 0.381 e. The lowest BCUT2D eigenvalue weighted by atomic mass is 9.92. The highest BCUT2D eigenvalue weighted by atomic mass is 32.1. The number of aromatic nitrogens is 1. The van der Waals surface area contributed by atoms with Gasteiger partial charge in [0, 0.05) is 30.9 Å². The summed E-state index contributed by atoms with van der Waals surface area (Å²) in [6.45, 7) is 9.46. The van der Waals surface area contributed by atoms with E-state index in [2.05, 4.69) is 20.9 Å². The molecule has 1 aromatic heterocycles. The lowest BCUT2D eigenvalue weighted by molar-refractivity contribution is -0.142. The molecule has 4 heterocycles. The number of nitrogens with one attached hydrogen (secondary N) is 3. The topological polar surface area (TPSA) is 189 Å². The van der Waals surface area contributed by atoms with E-state index in [1.165, 1.54) is 9.80 Å². The van der Waals surface area contributed by atoms with E-state index in [1.807, 2.05) is 81.4 Å². The van der Waals surface area contributed by atoms with Crippen LogP contribution >= 0.6 is 11.3 Å². The van der Waals surface area contributed by atoms with E-state index in [4.69, 9.17) is 14.2 Å². The van der Waals surface area contributed by atoms with Gasteiger partial charge in [-0.05, 0) is 56.6 Å². The summed E-state index contributed by atoms with van der Waals surface area (Å²) in [5, 5.41) is 10.4. The summed E-state index contributed by atoms with van der Waals surface area (Å²) in [6, 6.07) is 14.7. The normalized spacial score (nSPS) is 21.7. The number of aryl methyl sites for hydroxylation is 1. The van der Waals surface area contributed by atoms with E-state index in [0.29, 0.717) is 44.8 Å². The predicted molar refractivity (Wildman–Crippen MR) is 218 cm³/mol. The molecule has 3 aliphatic rings. The zero-order valence-electron chi connectivity index (χ0n) is 34.0. The van der Waals surface area contributed by atoms with Gasteiger partial charge in [0.2, 0.25) is 23.6 Å².